The van der Waals surface area contributed by atoms with E-state index in [0.29, 0.717) is 6.61 Å². The van der Waals surface area contributed by atoms with Gasteiger partial charge in [-0.2, -0.15) is 0 Å². The van der Waals surface area contributed by atoms with Gasteiger partial charge in [0.25, 0.3) is 0 Å². The Labute approximate surface area is 122 Å². The van der Waals surface area contributed by atoms with E-state index in [2.05, 4.69) is 15.9 Å². The van der Waals surface area contributed by atoms with Crippen molar-refractivity contribution < 1.29 is 9.84 Å². The van der Waals surface area contributed by atoms with Crippen molar-refractivity contribution in [2.45, 2.75) is 20.0 Å². The summed E-state index contributed by atoms with van der Waals surface area (Å²) < 4.78 is 6.51. The molecule has 0 aliphatic carbocycles. The van der Waals surface area contributed by atoms with E-state index >= 15 is 0 Å². The van der Waals surface area contributed by atoms with Crippen LogP contribution in [0.3, 0.4) is 0 Å². The van der Waals surface area contributed by atoms with Crippen molar-refractivity contribution in [1.29, 1.82) is 0 Å². The zero-order valence-electron chi connectivity index (χ0n) is 11.1. The number of aliphatic hydroxyl groups is 1. The van der Waals surface area contributed by atoms with E-state index in [9.17, 15) is 5.11 Å². The highest BCUT2D eigenvalue weighted by Crippen LogP contribution is 2.32. The van der Waals surface area contributed by atoms with Gasteiger partial charge in [0, 0.05) is 10.0 Å². The minimum Gasteiger partial charge on any atom is -0.493 e. The molecule has 0 aliphatic heterocycles. The number of hydrogen-bond donors (Lipinski definition) is 1. The Bertz CT molecular complexity index is 549. The molecule has 0 heterocycles. The molecule has 0 aromatic heterocycles. The van der Waals surface area contributed by atoms with Crippen LogP contribution in [-0.2, 0) is 0 Å². The van der Waals surface area contributed by atoms with Crippen LogP contribution in [0.2, 0.25) is 0 Å². The van der Waals surface area contributed by atoms with Crippen LogP contribution in [-0.4, -0.2) is 11.7 Å². The number of rotatable bonds is 4. The third kappa shape index (κ3) is 3.37. The van der Waals surface area contributed by atoms with Crippen molar-refractivity contribution in [3.05, 3.63) is 63.6 Å². The van der Waals surface area contributed by atoms with Gasteiger partial charge in [-0.3, -0.25) is 0 Å². The Hall–Kier alpha value is -1.32. The predicted molar refractivity (Wildman–Crippen MR) is 80.6 cm³/mol. The molecule has 3 heteroatoms. The van der Waals surface area contributed by atoms with Gasteiger partial charge in [0.15, 0.2) is 0 Å². The lowest BCUT2D eigenvalue weighted by Gasteiger charge is -2.16. The molecule has 0 saturated carbocycles. The second-order valence-electron chi connectivity index (χ2n) is 4.43. The van der Waals surface area contributed by atoms with Crippen molar-refractivity contribution in [2.75, 3.05) is 6.61 Å². The SMILES string of the molecule is CCOc1ccc(Br)cc1C(O)c1ccc(C)cc1. The summed E-state index contributed by atoms with van der Waals surface area (Å²) in [6, 6.07) is 13.6. The smallest absolute Gasteiger partial charge is 0.125 e. The topological polar surface area (TPSA) is 29.5 Å². The first kappa shape index (κ1) is 14.1. The molecular formula is C16H17BrO2. The molecule has 1 atom stereocenters. The highest BCUT2D eigenvalue weighted by atomic mass is 79.9. The fraction of sp³-hybridized carbons (Fsp3) is 0.250. The Morgan fingerprint density at radius 2 is 1.84 bits per heavy atom. The standard InChI is InChI=1S/C16H17BrO2/c1-3-19-15-9-8-13(17)10-14(15)16(18)12-6-4-11(2)5-7-12/h4-10,16,18H,3H2,1-2H3. The maximum atomic E-state index is 10.5. The van der Waals surface area contributed by atoms with E-state index in [4.69, 9.17) is 4.74 Å². The van der Waals surface area contributed by atoms with E-state index in [1.807, 2.05) is 56.3 Å². The molecule has 0 aliphatic rings. The Kier molecular flexibility index (Phi) is 4.61. The van der Waals surface area contributed by atoms with Gasteiger partial charge < -0.3 is 9.84 Å². The number of ether oxygens (including phenoxy) is 1. The third-order valence-electron chi connectivity index (χ3n) is 2.96. The van der Waals surface area contributed by atoms with E-state index in [1.54, 1.807) is 0 Å². The number of benzene rings is 2. The molecule has 0 radical (unpaired) electrons. The molecule has 2 nitrogen and oxygen atoms in total. The monoisotopic (exact) mass is 320 g/mol. The van der Waals surface area contributed by atoms with Crippen molar-refractivity contribution >= 4 is 15.9 Å². The number of aryl methyl sites for hydroxylation is 1. The van der Waals surface area contributed by atoms with Crippen LogP contribution in [0, 0.1) is 6.92 Å². The molecule has 100 valence electrons. The fourth-order valence-corrected chi connectivity index (χ4v) is 2.33. The Balaban J connectivity index is 2.39. The highest BCUT2D eigenvalue weighted by Gasteiger charge is 2.16. The van der Waals surface area contributed by atoms with Crippen LogP contribution < -0.4 is 4.74 Å². The van der Waals surface area contributed by atoms with Gasteiger partial charge in [-0.1, -0.05) is 45.8 Å². The number of halogens is 1. The second kappa shape index (κ2) is 6.22. The van der Waals surface area contributed by atoms with E-state index in [-0.39, 0.29) is 0 Å². The largest absolute Gasteiger partial charge is 0.493 e. The predicted octanol–water partition coefficient (Wildman–Crippen LogP) is 4.24. The minimum atomic E-state index is -0.681. The number of aliphatic hydroxyl groups excluding tert-OH is 1. The lowest BCUT2D eigenvalue weighted by atomic mass is 10.00. The van der Waals surface area contributed by atoms with Gasteiger partial charge in [-0.25, -0.2) is 0 Å². The maximum absolute atomic E-state index is 10.5. The summed E-state index contributed by atoms with van der Waals surface area (Å²) in [4.78, 5) is 0. The van der Waals surface area contributed by atoms with Crippen molar-refractivity contribution in [3.63, 3.8) is 0 Å². The van der Waals surface area contributed by atoms with Crippen molar-refractivity contribution in [3.8, 4) is 5.75 Å². The lowest BCUT2D eigenvalue weighted by molar-refractivity contribution is 0.212. The molecule has 0 spiro atoms. The van der Waals surface area contributed by atoms with Gasteiger partial charge in [0.1, 0.15) is 11.9 Å². The molecule has 19 heavy (non-hydrogen) atoms. The molecular weight excluding hydrogens is 304 g/mol. The molecule has 0 saturated heterocycles. The van der Waals surface area contributed by atoms with Crippen LogP contribution in [0.15, 0.2) is 46.9 Å². The minimum absolute atomic E-state index is 0.579. The molecule has 0 bridgehead atoms. The average Bonchev–Trinajstić information content (AvgIpc) is 2.41. The normalized spacial score (nSPS) is 12.2. The van der Waals surface area contributed by atoms with Gasteiger partial charge in [-0.15, -0.1) is 0 Å². The van der Waals surface area contributed by atoms with Crippen LogP contribution in [0.5, 0.6) is 5.75 Å². The van der Waals surface area contributed by atoms with Gasteiger partial charge in [0.2, 0.25) is 0 Å². The van der Waals surface area contributed by atoms with Gasteiger partial charge in [-0.05, 0) is 37.6 Å². The number of hydrogen-bond acceptors (Lipinski definition) is 2. The van der Waals surface area contributed by atoms with E-state index in [0.717, 1.165) is 21.3 Å². The van der Waals surface area contributed by atoms with Gasteiger partial charge >= 0.3 is 0 Å². The summed E-state index contributed by atoms with van der Waals surface area (Å²) in [5.74, 6) is 0.721. The lowest BCUT2D eigenvalue weighted by Crippen LogP contribution is -2.04. The summed E-state index contributed by atoms with van der Waals surface area (Å²) in [5, 5.41) is 10.5. The Morgan fingerprint density at radius 3 is 2.47 bits per heavy atom. The molecule has 2 rings (SSSR count). The average molecular weight is 321 g/mol. The first-order valence-electron chi connectivity index (χ1n) is 6.28. The highest BCUT2D eigenvalue weighted by molar-refractivity contribution is 9.10. The van der Waals surface area contributed by atoms with Crippen LogP contribution >= 0.6 is 15.9 Å². The van der Waals surface area contributed by atoms with Crippen molar-refractivity contribution in [2.24, 2.45) is 0 Å². The maximum Gasteiger partial charge on any atom is 0.125 e. The Morgan fingerprint density at radius 1 is 1.16 bits per heavy atom. The quantitative estimate of drug-likeness (QED) is 0.913. The van der Waals surface area contributed by atoms with Crippen LogP contribution in [0.4, 0.5) is 0 Å². The molecule has 1 unspecified atom stereocenters. The fourth-order valence-electron chi connectivity index (χ4n) is 1.95. The summed E-state index contributed by atoms with van der Waals surface area (Å²) in [6.07, 6.45) is -0.681. The summed E-state index contributed by atoms with van der Waals surface area (Å²) >= 11 is 3.43. The van der Waals surface area contributed by atoms with Gasteiger partial charge in [0.05, 0.1) is 6.61 Å². The molecule has 1 N–H and O–H groups in total. The summed E-state index contributed by atoms with van der Waals surface area (Å²) in [6.45, 7) is 4.54. The van der Waals surface area contributed by atoms with Crippen molar-refractivity contribution in [1.82, 2.24) is 0 Å². The molecule has 2 aromatic carbocycles. The summed E-state index contributed by atoms with van der Waals surface area (Å²) in [5.41, 5.74) is 2.82. The molecule has 0 amide bonds. The van der Waals surface area contributed by atoms with Crippen LogP contribution in [0.1, 0.15) is 29.7 Å². The molecule has 0 fully saturated rings. The first-order valence-corrected chi connectivity index (χ1v) is 7.08. The summed E-state index contributed by atoms with van der Waals surface area (Å²) in [7, 11) is 0. The molecule has 2 aromatic rings. The first-order chi connectivity index (χ1) is 9.11. The van der Waals surface area contributed by atoms with E-state index in [1.165, 1.54) is 5.56 Å². The zero-order valence-corrected chi connectivity index (χ0v) is 12.6. The van der Waals surface area contributed by atoms with Crippen LogP contribution in [0.25, 0.3) is 0 Å². The second-order valence-corrected chi connectivity index (χ2v) is 5.34. The zero-order chi connectivity index (χ0) is 13.8. The third-order valence-corrected chi connectivity index (χ3v) is 3.45. The van der Waals surface area contributed by atoms with E-state index < -0.39 is 6.10 Å².